The van der Waals surface area contributed by atoms with Crippen LogP contribution in [0.15, 0.2) is 22.7 Å². The van der Waals surface area contributed by atoms with Crippen LogP contribution < -0.4 is 5.32 Å². The minimum absolute atomic E-state index is 0.0404. The summed E-state index contributed by atoms with van der Waals surface area (Å²) in [5, 5.41) is 2.93. The van der Waals surface area contributed by atoms with Gasteiger partial charge < -0.3 is 5.32 Å². The lowest BCUT2D eigenvalue weighted by molar-refractivity contribution is -0.136. The van der Waals surface area contributed by atoms with Crippen molar-refractivity contribution in [3.05, 3.63) is 31.8 Å². The molecule has 1 atom stereocenters. The van der Waals surface area contributed by atoms with Crippen molar-refractivity contribution in [1.29, 1.82) is 0 Å². The number of nitrogens with one attached hydrogen (secondary N) is 1. The van der Waals surface area contributed by atoms with Gasteiger partial charge in [-0.15, -0.1) is 0 Å². The zero-order valence-electron chi connectivity index (χ0n) is 9.11. The van der Waals surface area contributed by atoms with Gasteiger partial charge in [0.05, 0.1) is 0 Å². The Hall–Kier alpha value is 0.180. The van der Waals surface area contributed by atoms with Crippen molar-refractivity contribution in [2.24, 2.45) is 0 Å². The van der Waals surface area contributed by atoms with Gasteiger partial charge in [0.15, 0.2) is 0 Å². The first-order chi connectivity index (χ1) is 7.83. The third-order valence-electron chi connectivity index (χ3n) is 2.40. The van der Waals surface area contributed by atoms with E-state index in [-0.39, 0.29) is 12.5 Å². The van der Waals surface area contributed by atoms with Crippen molar-refractivity contribution < 1.29 is 13.2 Å². The molecule has 1 nitrogen and oxygen atoms in total. The van der Waals surface area contributed by atoms with Gasteiger partial charge in [-0.3, -0.25) is 0 Å². The van der Waals surface area contributed by atoms with Gasteiger partial charge in [0.2, 0.25) is 0 Å². The molecular weight excluding hydrogens is 410 g/mol. The van der Waals surface area contributed by atoms with E-state index in [9.17, 15) is 13.2 Å². The van der Waals surface area contributed by atoms with Gasteiger partial charge in [0, 0.05) is 20.5 Å². The number of benzene rings is 1. The van der Waals surface area contributed by atoms with Crippen LogP contribution in [0.1, 0.15) is 24.4 Å². The van der Waals surface area contributed by atoms with E-state index in [0.717, 1.165) is 13.6 Å². The highest BCUT2D eigenvalue weighted by Crippen LogP contribution is 2.31. The molecule has 0 spiro atoms. The first-order valence-electron chi connectivity index (χ1n) is 5.02. The molecule has 1 N–H and O–H groups in total. The SMILES string of the molecule is CNC(CCC(F)(F)F)c1cc(I)ccc1Br. The van der Waals surface area contributed by atoms with Crippen LogP contribution in [0.2, 0.25) is 0 Å². The molecule has 17 heavy (non-hydrogen) atoms. The van der Waals surface area contributed by atoms with Crippen LogP contribution in [0.4, 0.5) is 13.2 Å². The Balaban J connectivity index is 2.82. The molecule has 1 aromatic rings. The summed E-state index contributed by atoms with van der Waals surface area (Å²) >= 11 is 5.51. The zero-order valence-corrected chi connectivity index (χ0v) is 12.9. The summed E-state index contributed by atoms with van der Waals surface area (Å²) in [6.45, 7) is 0. The predicted molar refractivity (Wildman–Crippen MR) is 73.9 cm³/mol. The summed E-state index contributed by atoms with van der Waals surface area (Å²) < 4.78 is 38.5. The second-order valence-corrected chi connectivity index (χ2v) is 5.76. The molecule has 0 bridgehead atoms. The van der Waals surface area contributed by atoms with Gasteiger partial charge in [-0.25, -0.2) is 0 Å². The molecule has 6 heteroatoms. The minimum atomic E-state index is -4.11. The standard InChI is InChI=1S/C11H12BrF3IN/c1-17-10(4-5-11(13,14)15)8-6-7(16)2-3-9(8)12/h2-3,6,10,17H,4-5H2,1H3. The lowest BCUT2D eigenvalue weighted by atomic mass is 10.0. The Bertz CT molecular complexity index is 381. The quantitative estimate of drug-likeness (QED) is 0.697. The lowest BCUT2D eigenvalue weighted by Crippen LogP contribution is -2.20. The van der Waals surface area contributed by atoms with Gasteiger partial charge >= 0.3 is 6.18 Å². The summed E-state index contributed by atoms with van der Waals surface area (Å²) in [6, 6.07) is 5.36. The molecule has 0 amide bonds. The minimum Gasteiger partial charge on any atom is -0.313 e. The molecule has 0 aliphatic carbocycles. The fourth-order valence-electron chi connectivity index (χ4n) is 1.54. The van der Waals surface area contributed by atoms with Crippen molar-refractivity contribution in [1.82, 2.24) is 5.32 Å². The van der Waals surface area contributed by atoms with Crippen LogP contribution >= 0.6 is 38.5 Å². The summed E-state index contributed by atoms with van der Waals surface area (Å²) in [5.74, 6) is 0. The second kappa shape index (κ2) is 6.38. The van der Waals surface area contributed by atoms with E-state index in [0.29, 0.717) is 0 Å². The van der Waals surface area contributed by atoms with Crippen LogP contribution in [-0.2, 0) is 0 Å². The number of halogens is 5. The van der Waals surface area contributed by atoms with Crippen LogP contribution in [-0.4, -0.2) is 13.2 Å². The molecule has 0 fully saturated rings. The van der Waals surface area contributed by atoms with Crippen LogP contribution in [0.3, 0.4) is 0 Å². The number of hydrogen-bond donors (Lipinski definition) is 1. The lowest BCUT2D eigenvalue weighted by Gasteiger charge is -2.19. The number of rotatable bonds is 4. The van der Waals surface area contributed by atoms with Crippen molar-refractivity contribution in [3.63, 3.8) is 0 Å². The van der Waals surface area contributed by atoms with Gasteiger partial charge in [-0.2, -0.15) is 13.2 Å². The largest absolute Gasteiger partial charge is 0.389 e. The first kappa shape index (κ1) is 15.2. The van der Waals surface area contributed by atoms with E-state index in [2.05, 4.69) is 43.8 Å². The molecule has 0 aromatic heterocycles. The monoisotopic (exact) mass is 421 g/mol. The second-order valence-electron chi connectivity index (χ2n) is 3.66. The van der Waals surface area contributed by atoms with Crippen molar-refractivity contribution in [3.8, 4) is 0 Å². The average Bonchev–Trinajstić information content (AvgIpc) is 2.22. The molecule has 0 aliphatic heterocycles. The maximum Gasteiger partial charge on any atom is 0.389 e. The van der Waals surface area contributed by atoms with Crippen LogP contribution in [0.5, 0.6) is 0 Å². The van der Waals surface area contributed by atoms with Gasteiger partial charge in [0.1, 0.15) is 0 Å². The maximum absolute atomic E-state index is 12.2. The molecule has 1 unspecified atom stereocenters. The van der Waals surface area contributed by atoms with Crippen LogP contribution in [0, 0.1) is 3.57 Å². The van der Waals surface area contributed by atoms with E-state index in [1.807, 2.05) is 18.2 Å². The summed E-state index contributed by atoms with van der Waals surface area (Å²) in [4.78, 5) is 0. The highest BCUT2D eigenvalue weighted by atomic mass is 127. The Morgan fingerprint density at radius 2 is 2.06 bits per heavy atom. The Morgan fingerprint density at radius 3 is 2.59 bits per heavy atom. The predicted octanol–water partition coefficient (Wildman–Crippen LogP) is 4.66. The Kier molecular flexibility index (Phi) is 5.72. The van der Waals surface area contributed by atoms with Gasteiger partial charge in [-0.05, 0) is 59.8 Å². The van der Waals surface area contributed by atoms with Crippen molar-refractivity contribution in [2.75, 3.05) is 7.05 Å². The third-order valence-corrected chi connectivity index (χ3v) is 3.79. The molecule has 0 heterocycles. The molecule has 1 rings (SSSR count). The van der Waals surface area contributed by atoms with Gasteiger partial charge in [0.25, 0.3) is 0 Å². The topological polar surface area (TPSA) is 12.0 Å². The van der Waals surface area contributed by atoms with Crippen molar-refractivity contribution in [2.45, 2.75) is 25.1 Å². The molecular formula is C11H12BrF3IN. The Labute approximate surface area is 120 Å². The third kappa shape index (κ3) is 5.13. The van der Waals surface area contributed by atoms with Crippen molar-refractivity contribution >= 4 is 38.5 Å². The normalized spacial score (nSPS) is 13.8. The molecule has 0 radical (unpaired) electrons. The smallest absolute Gasteiger partial charge is 0.313 e. The molecule has 96 valence electrons. The van der Waals surface area contributed by atoms with E-state index in [4.69, 9.17) is 0 Å². The number of hydrogen-bond acceptors (Lipinski definition) is 1. The number of alkyl halides is 3. The highest BCUT2D eigenvalue weighted by molar-refractivity contribution is 14.1. The molecule has 0 saturated heterocycles. The van der Waals surface area contributed by atoms with E-state index in [1.165, 1.54) is 0 Å². The summed E-state index contributed by atoms with van der Waals surface area (Å²) in [5.41, 5.74) is 0.864. The van der Waals surface area contributed by atoms with Gasteiger partial charge in [-0.1, -0.05) is 15.9 Å². The summed E-state index contributed by atoms with van der Waals surface area (Å²) in [6.07, 6.45) is -4.85. The fourth-order valence-corrected chi connectivity index (χ4v) is 2.58. The Morgan fingerprint density at radius 1 is 1.41 bits per heavy atom. The van der Waals surface area contributed by atoms with Crippen LogP contribution in [0.25, 0.3) is 0 Å². The average molecular weight is 422 g/mol. The highest BCUT2D eigenvalue weighted by Gasteiger charge is 2.28. The zero-order chi connectivity index (χ0) is 13.1. The molecule has 0 saturated carbocycles. The first-order valence-corrected chi connectivity index (χ1v) is 6.89. The maximum atomic E-state index is 12.2. The molecule has 1 aromatic carbocycles. The van der Waals surface area contributed by atoms with E-state index >= 15 is 0 Å². The molecule has 0 aliphatic rings. The fraction of sp³-hybridized carbons (Fsp3) is 0.455. The van der Waals surface area contributed by atoms with E-state index < -0.39 is 12.6 Å². The summed E-state index contributed by atoms with van der Waals surface area (Å²) in [7, 11) is 1.67. The van der Waals surface area contributed by atoms with E-state index in [1.54, 1.807) is 7.05 Å².